The van der Waals surface area contributed by atoms with Crippen LogP contribution < -0.4 is 0 Å². The number of carboxylic acid groups (broad SMARTS) is 1. The van der Waals surface area contributed by atoms with E-state index in [0.29, 0.717) is 25.9 Å². The van der Waals surface area contributed by atoms with Gasteiger partial charge < -0.3 is 14.7 Å². The molecule has 1 heterocycles. The number of carbonyl (C=O) groups excluding carboxylic acids is 1. The summed E-state index contributed by atoms with van der Waals surface area (Å²) in [5, 5.41) is 9.12. The Bertz CT molecular complexity index is 360. The molecule has 1 aliphatic carbocycles. The van der Waals surface area contributed by atoms with Crippen LogP contribution in [0.2, 0.25) is 0 Å². The van der Waals surface area contributed by atoms with Gasteiger partial charge in [-0.15, -0.1) is 0 Å². The number of aliphatic carboxylic acids is 1. The van der Waals surface area contributed by atoms with E-state index in [2.05, 4.69) is 0 Å². The molecule has 1 N–H and O–H groups in total. The Hall–Kier alpha value is -1.26. The second-order valence-electron chi connectivity index (χ2n) is 6.04. The van der Waals surface area contributed by atoms with E-state index in [-0.39, 0.29) is 12.0 Å². The van der Waals surface area contributed by atoms with Gasteiger partial charge in [-0.2, -0.15) is 0 Å². The van der Waals surface area contributed by atoms with Gasteiger partial charge >= 0.3 is 12.1 Å². The number of ether oxygens (including phenoxy) is 1. The lowest BCUT2D eigenvalue weighted by molar-refractivity contribution is -0.145. The molecule has 0 bridgehead atoms. The van der Waals surface area contributed by atoms with E-state index < -0.39 is 17.0 Å². The molecule has 96 valence electrons. The maximum absolute atomic E-state index is 11.8. The number of amides is 1. The summed E-state index contributed by atoms with van der Waals surface area (Å²) in [5.41, 5.74) is -1.04. The molecule has 0 spiro atoms. The van der Waals surface area contributed by atoms with E-state index in [0.717, 1.165) is 0 Å². The number of hydrogen-bond donors (Lipinski definition) is 1. The molecule has 2 atom stereocenters. The maximum Gasteiger partial charge on any atom is 0.410 e. The van der Waals surface area contributed by atoms with Crippen molar-refractivity contribution in [2.24, 2.45) is 11.3 Å². The predicted octanol–water partition coefficient (Wildman–Crippen LogP) is 1.72. The topological polar surface area (TPSA) is 66.8 Å². The van der Waals surface area contributed by atoms with Crippen molar-refractivity contribution in [3.05, 3.63) is 0 Å². The smallest absolute Gasteiger partial charge is 0.410 e. The zero-order valence-corrected chi connectivity index (χ0v) is 10.5. The van der Waals surface area contributed by atoms with Gasteiger partial charge in [-0.25, -0.2) is 4.79 Å². The number of hydrogen-bond acceptors (Lipinski definition) is 3. The van der Waals surface area contributed by atoms with Crippen molar-refractivity contribution in [2.75, 3.05) is 13.1 Å². The molecule has 2 aliphatic rings. The van der Waals surface area contributed by atoms with Gasteiger partial charge in [0.1, 0.15) is 5.60 Å². The van der Waals surface area contributed by atoms with Crippen LogP contribution >= 0.6 is 0 Å². The predicted molar refractivity (Wildman–Crippen MR) is 60.6 cm³/mol. The first-order valence-corrected chi connectivity index (χ1v) is 5.96. The largest absolute Gasteiger partial charge is 0.481 e. The Kier molecular flexibility index (Phi) is 2.60. The highest BCUT2D eigenvalue weighted by atomic mass is 16.6. The zero-order valence-electron chi connectivity index (χ0n) is 10.5. The Morgan fingerprint density at radius 3 is 2.53 bits per heavy atom. The molecule has 5 heteroatoms. The third-order valence-corrected chi connectivity index (χ3v) is 3.58. The lowest BCUT2D eigenvalue weighted by Gasteiger charge is -2.31. The molecule has 0 aromatic rings. The minimum absolute atomic E-state index is 0.112. The summed E-state index contributed by atoms with van der Waals surface area (Å²) in [6.45, 7) is 6.48. The number of carbonyl (C=O) groups is 2. The Labute approximate surface area is 101 Å². The van der Waals surface area contributed by atoms with Gasteiger partial charge in [-0.1, -0.05) is 0 Å². The highest BCUT2D eigenvalue weighted by Crippen LogP contribution is 2.58. The fraction of sp³-hybridized carbons (Fsp3) is 0.833. The highest BCUT2D eigenvalue weighted by Gasteiger charge is 2.62. The van der Waals surface area contributed by atoms with Gasteiger partial charge in [-0.3, -0.25) is 4.79 Å². The van der Waals surface area contributed by atoms with E-state index in [4.69, 9.17) is 9.84 Å². The van der Waals surface area contributed by atoms with Crippen molar-refractivity contribution in [3.63, 3.8) is 0 Å². The summed E-state index contributed by atoms with van der Waals surface area (Å²) >= 11 is 0. The fourth-order valence-electron chi connectivity index (χ4n) is 2.48. The van der Waals surface area contributed by atoms with Crippen LogP contribution in [0.1, 0.15) is 33.6 Å². The average Bonchev–Trinajstić information content (AvgIpc) is 2.88. The maximum atomic E-state index is 11.8. The van der Waals surface area contributed by atoms with Gasteiger partial charge in [0.15, 0.2) is 0 Å². The van der Waals surface area contributed by atoms with E-state index in [1.807, 2.05) is 20.8 Å². The van der Waals surface area contributed by atoms with E-state index in [1.165, 1.54) is 0 Å². The fourth-order valence-corrected chi connectivity index (χ4v) is 2.48. The van der Waals surface area contributed by atoms with E-state index in [1.54, 1.807) is 4.90 Å². The number of carboxylic acids is 1. The minimum Gasteiger partial charge on any atom is -0.481 e. The van der Waals surface area contributed by atoms with Crippen LogP contribution in [0.5, 0.6) is 0 Å². The standard InChI is InChI=1S/C12H19NO4/c1-11(2,3)17-10(16)13-5-4-12(9(14)15)6-8(12)7-13/h8H,4-7H2,1-3H3,(H,14,15). The minimum atomic E-state index is -0.716. The quantitative estimate of drug-likeness (QED) is 0.759. The number of likely N-dealkylation sites (tertiary alicyclic amines) is 1. The number of rotatable bonds is 1. The monoisotopic (exact) mass is 241 g/mol. The Morgan fingerprint density at radius 1 is 1.41 bits per heavy atom. The zero-order chi connectivity index (χ0) is 12.8. The lowest BCUT2D eigenvalue weighted by Crippen LogP contribution is -2.43. The van der Waals surface area contributed by atoms with Crippen molar-refractivity contribution in [2.45, 2.75) is 39.2 Å². The van der Waals surface area contributed by atoms with Crippen molar-refractivity contribution in [1.82, 2.24) is 4.90 Å². The van der Waals surface area contributed by atoms with Crippen LogP contribution in [-0.4, -0.2) is 40.8 Å². The molecule has 1 saturated carbocycles. The summed E-state index contributed by atoms with van der Waals surface area (Å²) in [4.78, 5) is 24.5. The van der Waals surface area contributed by atoms with Crippen molar-refractivity contribution >= 4 is 12.1 Å². The van der Waals surface area contributed by atoms with Crippen LogP contribution in [0.15, 0.2) is 0 Å². The Balaban J connectivity index is 1.92. The normalized spacial score (nSPS) is 31.7. The van der Waals surface area contributed by atoms with Gasteiger partial charge in [0.05, 0.1) is 5.41 Å². The first-order valence-electron chi connectivity index (χ1n) is 5.96. The highest BCUT2D eigenvalue weighted by molar-refractivity contribution is 5.79. The van der Waals surface area contributed by atoms with Gasteiger partial charge in [0.25, 0.3) is 0 Å². The van der Waals surface area contributed by atoms with Crippen LogP contribution in [-0.2, 0) is 9.53 Å². The van der Waals surface area contributed by atoms with Crippen molar-refractivity contribution in [1.29, 1.82) is 0 Å². The summed E-state index contributed by atoms with van der Waals surface area (Å²) < 4.78 is 5.28. The molecule has 0 aromatic heterocycles. The Morgan fingerprint density at radius 2 is 2.06 bits per heavy atom. The lowest BCUT2D eigenvalue weighted by atomic mass is 9.96. The molecule has 1 aliphatic heterocycles. The van der Waals surface area contributed by atoms with Crippen LogP contribution in [0.25, 0.3) is 0 Å². The second-order valence-corrected chi connectivity index (χ2v) is 6.04. The SMILES string of the molecule is CC(C)(C)OC(=O)N1CCC2(C(=O)O)CC2C1. The van der Waals surface area contributed by atoms with Crippen LogP contribution in [0, 0.1) is 11.3 Å². The first-order chi connectivity index (χ1) is 7.74. The second kappa shape index (κ2) is 3.62. The summed E-state index contributed by atoms with van der Waals surface area (Å²) in [6.07, 6.45) is 0.914. The molecule has 1 saturated heterocycles. The van der Waals surface area contributed by atoms with E-state index in [9.17, 15) is 9.59 Å². The molecule has 0 aromatic carbocycles. The molecule has 0 radical (unpaired) electrons. The van der Waals surface area contributed by atoms with Crippen LogP contribution in [0.3, 0.4) is 0 Å². The van der Waals surface area contributed by atoms with Crippen LogP contribution in [0.4, 0.5) is 4.79 Å². The first kappa shape index (κ1) is 12.2. The molecule has 2 rings (SSSR count). The summed E-state index contributed by atoms with van der Waals surface area (Å²) in [5.74, 6) is -0.604. The number of fused-ring (bicyclic) bond motifs is 1. The van der Waals surface area contributed by atoms with E-state index >= 15 is 0 Å². The number of nitrogens with zero attached hydrogens (tertiary/aromatic N) is 1. The average molecular weight is 241 g/mol. The van der Waals surface area contributed by atoms with Gasteiger partial charge in [0.2, 0.25) is 0 Å². The molecule has 17 heavy (non-hydrogen) atoms. The van der Waals surface area contributed by atoms with Crippen molar-refractivity contribution < 1.29 is 19.4 Å². The van der Waals surface area contributed by atoms with Gasteiger partial charge in [-0.05, 0) is 39.5 Å². The third-order valence-electron chi connectivity index (χ3n) is 3.58. The molecule has 5 nitrogen and oxygen atoms in total. The molecule has 2 fully saturated rings. The van der Waals surface area contributed by atoms with Crippen molar-refractivity contribution in [3.8, 4) is 0 Å². The molecular formula is C12H19NO4. The molecule has 1 amide bonds. The molecular weight excluding hydrogens is 222 g/mol. The summed E-state index contributed by atoms with van der Waals surface area (Å²) in [7, 11) is 0. The third kappa shape index (κ3) is 2.23. The molecule has 2 unspecified atom stereocenters. The van der Waals surface area contributed by atoms with Gasteiger partial charge in [0, 0.05) is 13.1 Å². The summed E-state index contributed by atoms with van der Waals surface area (Å²) in [6, 6.07) is 0. The number of piperidine rings is 1.